The van der Waals surface area contributed by atoms with Gasteiger partial charge in [-0.05, 0) is 18.8 Å². The number of ether oxygens (including phenoxy) is 1. The Hall–Kier alpha value is -0.530. The van der Waals surface area contributed by atoms with Crippen molar-refractivity contribution in [2.45, 2.75) is 59.3 Å². The van der Waals surface area contributed by atoms with Gasteiger partial charge in [-0.1, -0.05) is 40.0 Å². The zero-order chi connectivity index (χ0) is 10.8. The van der Waals surface area contributed by atoms with Crippen molar-refractivity contribution in [1.82, 2.24) is 0 Å². The van der Waals surface area contributed by atoms with E-state index in [9.17, 15) is 4.79 Å². The third-order valence-corrected chi connectivity index (χ3v) is 2.56. The van der Waals surface area contributed by atoms with Gasteiger partial charge < -0.3 is 4.74 Å². The highest BCUT2D eigenvalue weighted by molar-refractivity contribution is 5.69. The Balaban J connectivity index is 3.26. The van der Waals surface area contributed by atoms with E-state index in [0.29, 0.717) is 18.9 Å². The molecule has 0 aliphatic rings. The minimum Gasteiger partial charge on any atom is -0.466 e. The van der Waals surface area contributed by atoms with Crippen LogP contribution in [0.3, 0.4) is 0 Å². The minimum atomic E-state index is -0.0262. The topological polar surface area (TPSA) is 26.3 Å². The summed E-state index contributed by atoms with van der Waals surface area (Å²) in [5.74, 6) is 0.639. The molecule has 0 saturated carbocycles. The van der Waals surface area contributed by atoms with Crippen LogP contribution in [0.1, 0.15) is 59.3 Å². The molecule has 1 atom stereocenters. The van der Waals surface area contributed by atoms with Crippen molar-refractivity contribution < 1.29 is 9.53 Å². The van der Waals surface area contributed by atoms with Gasteiger partial charge in [0.25, 0.3) is 0 Å². The molecule has 2 heteroatoms. The van der Waals surface area contributed by atoms with Crippen LogP contribution in [0, 0.1) is 5.92 Å². The first-order valence-corrected chi connectivity index (χ1v) is 5.86. The van der Waals surface area contributed by atoms with Gasteiger partial charge in [-0.15, -0.1) is 0 Å². The predicted molar refractivity (Wildman–Crippen MR) is 59.2 cm³/mol. The summed E-state index contributed by atoms with van der Waals surface area (Å²) >= 11 is 0. The Morgan fingerprint density at radius 2 is 2.00 bits per heavy atom. The molecule has 84 valence electrons. The monoisotopic (exact) mass is 200 g/mol. The van der Waals surface area contributed by atoms with Crippen LogP contribution >= 0.6 is 0 Å². The lowest BCUT2D eigenvalue weighted by Crippen LogP contribution is -2.08. The van der Waals surface area contributed by atoms with Gasteiger partial charge in [0.15, 0.2) is 0 Å². The highest BCUT2D eigenvalue weighted by Crippen LogP contribution is 2.07. The maximum Gasteiger partial charge on any atom is 0.305 e. The summed E-state index contributed by atoms with van der Waals surface area (Å²) in [4.78, 5) is 11.2. The highest BCUT2D eigenvalue weighted by atomic mass is 16.5. The molecule has 14 heavy (non-hydrogen) atoms. The highest BCUT2D eigenvalue weighted by Gasteiger charge is 2.03. The number of hydrogen-bond acceptors (Lipinski definition) is 2. The van der Waals surface area contributed by atoms with E-state index in [0.717, 1.165) is 32.1 Å². The summed E-state index contributed by atoms with van der Waals surface area (Å²) in [6.07, 6.45) is 6.00. The predicted octanol–water partition coefficient (Wildman–Crippen LogP) is 3.55. The average molecular weight is 200 g/mol. The smallest absolute Gasteiger partial charge is 0.305 e. The van der Waals surface area contributed by atoms with Gasteiger partial charge in [0, 0.05) is 6.42 Å². The van der Waals surface area contributed by atoms with Crippen LogP contribution in [0.2, 0.25) is 0 Å². The average Bonchev–Trinajstić information content (AvgIpc) is 2.18. The summed E-state index contributed by atoms with van der Waals surface area (Å²) in [5, 5.41) is 0. The van der Waals surface area contributed by atoms with Gasteiger partial charge >= 0.3 is 5.97 Å². The fourth-order valence-electron chi connectivity index (χ4n) is 1.17. The summed E-state index contributed by atoms with van der Waals surface area (Å²) in [5.41, 5.74) is 0. The number of carbonyl (C=O) groups is 1. The number of rotatable bonds is 8. The first kappa shape index (κ1) is 13.5. The van der Waals surface area contributed by atoms with Crippen molar-refractivity contribution in [3.8, 4) is 0 Å². The summed E-state index contributed by atoms with van der Waals surface area (Å²) in [7, 11) is 0. The van der Waals surface area contributed by atoms with E-state index in [-0.39, 0.29) is 5.97 Å². The third kappa shape index (κ3) is 8.09. The van der Waals surface area contributed by atoms with E-state index >= 15 is 0 Å². The maximum absolute atomic E-state index is 11.2. The number of esters is 1. The zero-order valence-corrected chi connectivity index (χ0v) is 9.84. The van der Waals surface area contributed by atoms with E-state index in [1.54, 1.807) is 0 Å². The van der Waals surface area contributed by atoms with E-state index in [1.165, 1.54) is 0 Å². The minimum absolute atomic E-state index is 0.0262. The molecule has 1 unspecified atom stereocenters. The van der Waals surface area contributed by atoms with Crippen molar-refractivity contribution in [2.75, 3.05) is 6.61 Å². The van der Waals surface area contributed by atoms with Crippen LogP contribution < -0.4 is 0 Å². The second-order valence-corrected chi connectivity index (χ2v) is 3.98. The van der Waals surface area contributed by atoms with Crippen molar-refractivity contribution >= 4 is 5.97 Å². The molecule has 0 heterocycles. The molecule has 0 aliphatic carbocycles. The molecule has 0 aromatic heterocycles. The molecule has 2 nitrogen and oxygen atoms in total. The Kier molecular flexibility index (Phi) is 8.70. The van der Waals surface area contributed by atoms with Gasteiger partial charge in [-0.25, -0.2) is 0 Å². The Morgan fingerprint density at radius 3 is 2.57 bits per heavy atom. The number of hydrogen-bond donors (Lipinski definition) is 0. The molecule has 0 N–H and O–H groups in total. The lowest BCUT2D eigenvalue weighted by atomic mass is 10.1. The normalized spacial score (nSPS) is 12.5. The van der Waals surface area contributed by atoms with Crippen LogP contribution in [0.25, 0.3) is 0 Å². The van der Waals surface area contributed by atoms with Crippen molar-refractivity contribution in [1.29, 1.82) is 0 Å². The van der Waals surface area contributed by atoms with Gasteiger partial charge in [-0.2, -0.15) is 0 Å². The molecule has 0 bridgehead atoms. The molecular weight excluding hydrogens is 176 g/mol. The molecule has 0 amide bonds. The number of carbonyl (C=O) groups excluding carboxylic acids is 1. The van der Waals surface area contributed by atoms with E-state index in [4.69, 9.17) is 4.74 Å². The van der Waals surface area contributed by atoms with Crippen LogP contribution in [0.5, 0.6) is 0 Å². The lowest BCUT2D eigenvalue weighted by Gasteiger charge is -2.08. The molecule has 0 radical (unpaired) electrons. The molecule has 0 fully saturated rings. The maximum atomic E-state index is 11.2. The first-order valence-electron chi connectivity index (χ1n) is 5.86. The zero-order valence-electron chi connectivity index (χ0n) is 9.84. The Labute approximate surface area is 88.0 Å². The molecule has 0 aliphatic heterocycles. The quantitative estimate of drug-likeness (QED) is 0.442. The molecular formula is C12H24O2. The van der Waals surface area contributed by atoms with Crippen LogP contribution in [-0.2, 0) is 9.53 Å². The summed E-state index contributed by atoms with van der Waals surface area (Å²) in [6, 6.07) is 0. The van der Waals surface area contributed by atoms with E-state index < -0.39 is 0 Å². The summed E-state index contributed by atoms with van der Waals surface area (Å²) < 4.78 is 5.12. The standard InChI is InChI=1S/C12H24O2/c1-4-6-7-8-12(13)14-10-9-11(3)5-2/h11H,4-10H2,1-3H3. The SMILES string of the molecule is CCCCCC(=O)OCCC(C)CC. The molecule has 0 saturated heterocycles. The largest absolute Gasteiger partial charge is 0.466 e. The fraction of sp³-hybridized carbons (Fsp3) is 0.917. The number of unbranched alkanes of at least 4 members (excludes halogenated alkanes) is 2. The van der Waals surface area contributed by atoms with Gasteiger partial charge in [0.05, 0.1) is 6.61 Å². The van der Waals surface area contributed by atoms with E-state index in [1.807, 2.05) is 0 Å². The second-order valence-electron chi connectivity index (χ2n) is 3.98. The third-order valence-electron chi connectivity index (χ3n) is 2.56. The molecule has 0 aromatic rings. The van der Waals surface area contributed by atoms with Gasteiger partial charge in [0.2, 0.25) is 0 Å². The Morgan fingerprint density at radius 1 is 1.29 bits per heavy atom. The molecule has 0 rings (SSSR count). The van der Waals surface area contributed by atoms with Crippen LogP contribution in [0.4, 0.5) is 0 Å². The van der Waals surface area contributed by atoms with Crippen molar-refractivity contribution in [3.63, 3.8) is 0 Å². The second kappa shape index (κ2) is 9.04. The molecule has 0 aromatic carbocycles. The Bertz CT molecular complexity index is 143. The summed E-state index contributed by atoms with van der Waals surface area (Å²) in [6.45, 7) is 7.08. The lowest BCUT2D eigenvalue weighted by molar-refractivity contribution is -0.144. The van der Waals surface area contributed by atoms with Crippen molar-refractivity contribution in [2.24, 2.45) is 5.92 Å². The first-order chi connectivity index (χ1) is 6.70. The van der Waals surface area contributed by atoms with Gasteiger partial charge in [-0.3, -0.25) is 4.79 Å². The van der Waals surface area contributed by atoms with Crippen molar-refractivity contribution in [3.05, 3.63) is 0 Å². The van der Waals surface area contributed by atoms with E-state index in [2.05, 4.69) is 20.8 Å². The van der Waals surface area contributed by atoms with Crippen LogP contribution in [0.15, 0.2) is 0 Å². The fourth-order valence-corrected chi connectivity index (χ4v) is 1.17. The van der Waals surface area contributed by atoms with Gasteiger partial charge in [0.1, 0.15) is 0 Å². The molecule has 0 spiro atoms. The van der Waals surface area contributed by atoms with Crippen LogP contribution in [-0.4, -0.2) is 12.6 Å².